The zero-order valence-electron chi connectivity index (χ0n) is 32.8. The van der Waals surface area contributed by atoms with Crippen molar-refractivity contribution in [3.63, 3.8) is 0 Å². The summed E-state index contributed by atoms with van der Waals surface area (Å²) in [5.41, 5.74) is 10.7. The monoisotopic (exact) mass is 749 g/mol. The molecule has 11 aromatic carbocycles. The van der Waals surface area contributed by atoms with Gasteiger partial charge >= 0.3 is 0 Å². The van der Waals surface area contributed by atoms with Crippen molar-refractivity contribution in [1.82, 2.24) is 0 Å². The Bertz CT molecular complexity index is 3250. The summed E-state index contributed by atoms with van der Waals surface area (Å²) in [5, 5.41) is 15.2. The molecule has 0 aromatic heterocycles. The number of fused-ring (bicyclic) bond motifs is 12. The molecule has 0 spiro atoms. The fourth-order valence-corrected chi connectivity index (χ4v) is 9.16. The molecule has 0 aliphatic carbocycles. The van der Waals surface area contributed by atoms with Crippen LogP contribution in [0.5, 0.6) is 0 Å². The van der Waals surface area contributed by atoms with Gasteiger partial charge in [0.05, 0.1) is 5.70 Å². The summed E-state index contributed by atoms with van der Waals surface area (Å²) < 4.78 is 0. The topological polar surface area (TPSA) is 12.4 Å². The maximum Gasteiger partial charge on any atom is 0.0633 e. The molecule has 1 heteroatoms. The van der Waals surface area contributed by atoms with Gasteiger partial charge in [0.15, 0.2) is 0 Å². The Morgan fingerprint density at radius 3 is 1.05 bits per heavy atom. The summed E-state index contributed by atoms with van der Waals surface area (Å²) >= 11 is 0. The molecule has 0 aliphatic rings. The van der Waals surface area contributed by atoms with Crippen molar-refractivity contribution >= 4 is 76.0 Å². The van der Waals surface area contributed by atoms with Gasteiger partial charge in [-0.1, -0.05) is 183 Å². The second-order valence-electron chi connectivity index (χ2n) is 15.6. The normalized spacial score (nSPS) is 12.0. The lowest BCUT2D eigenvalue weighted by molar-refractivity contribution is 1.47. The molecule has 0 amide bonds. The first-order valence-corrected chi connectivity index (χ1v) is 20.3. The van der Waals surface area contributed by atoms with E-state index in [1.165, 1.54) is 86.9 Å². The third-order valence-electron chi connectivity index (χ3n) is 12.1. The second kappa shape index (κ2) is 14.1. The Hall–Kier alpha value is -7.61. The van der Waals surface area contributed by atoms with Crippen molar-refractivity contribution < 1.29 is 0 Å². The lowest BCUT2D eigenvalue weighted by Gasteiger charge is -2.15. The number of hydrogen-bond acceptors (Lipinski definition) is 1. The maximum absolute atomic E-state index is 5.16. The van der Waals surface area contributed by atoms with E-state index < -0.39 is 0 Å². The van der Waals surface area contributed by atoms with E-state index >= 15 is 0 Å². The molecule has 0 heterocycles. The van der Waals surface area contributed by atoms with Crippen LogP contribution in [-0.4, -0.2) is 5.71 Å². The van der Waals surface area contributed by atoms with Crippen LogP contribution in [0.3, 0.4) is 0 Å². The molecule has 11 rings (SSSR count). The zero-order valence-corrected chi connectivity index (χ0v) is 32.8. The first-order valence-electron chi connectivity index (χ1n) is 20.3. The van der Waals surface area contributed by atoms with Crippen LogP contribution in [0.1, 0.15) is 18.1 Å². The molecule has 276 valence electrons. The summed E-state index contributed by atoms with van der Waals surface area (Å²) in [7, 11) is 0. The summed E-state index contributed by atoms with van der Waals surface area (Å²) in [6, 6.07) is 75.0. The summed E-state index contributed by atoms with van der Waals surface area (Å²) in [5.74, 6) is 0. The Labute approximate surface area is 343 Å². The molecule has 0 atom stereocenters. The number of rotatable bonds is 6. The third kappa shape index (κ3) is 5.99. The highest BCUT2D eigenvalue weighted by atomic mass is 14.8. The molecule has 0 aliphatic heterocycles. The molecule has 0 bridgehead atoms. The number of benzene rings is 11. The van der Waals surface area contributed by atoms with E-state index in [0.29, 0.717) is 0 Å². The van der Waals surface area contributed by atoms with Crippen molar-refractivity contribution in [2.24, 2.45) is 4.99 Å². The molecular weight excluding hydrogens is 711 g/mol. The van der Waals surface area contributed by atoms with Crippen LogP contribution >= 0.6 is 0 Å². The predicted octanol–water partition coefficient (Wildman–Crippen LogP) is 16.1. The second-order valence-corrected chi connectivity index (χ2v) is 15.6. The highest BCUT2D eigenvalue weighted by Crippen LogP contribution is 2.40. The molecule has 0 radical (unpaired) electrons. The van der Waals surface area contributed by atoms with Crippen molar-refractivity contribution in [2.45, 2.75) is 6.92 Å². The molecule has 0 saturated carbocycles. The number of nitrogens with zero attached hydrogens (tertiary/aromatic N) is 1. The summed E-state index contributed by atoms with van der Waals surface area (Å²) in [4.78, 5) is 5.16. The average molecular weight is 750 g/mol. The number of hydrogen-bond donors (Lipinski definition) is 0. The minimum absolute atomic E-state index is 0.738. The van der Waals surface area contributed by atoms with Crippen molar-refractivity contribution in [1.29, 1.82) is 0 Å². The van der Waals surface area contributed by atoms with Gasteiger partial charge in [-0.05, 0) is 146 Å². The molecule has 59 heavy (non-hydrogen) atoms. The van der Waals surface area contributed by atoms with E-state index in [1.54, 1.807) is 0 Å². The lowest BCUT2D eigenvalue weighted by atomic mass is 9.89. The molecule has 11 aromatic rings. The van der Waals surface area contributed by atoms with Crippen LogP contribution in [0.15, 0.2) is 218 Å². The Kier molecular flexibility index (Phi) is 8.27. The Morgan fingerprint density at radius 1 is 0.288 bits per heavy atom. The van der Waals surface area contributed by atoms with Gasteiger partial charge in [-0.3, -0.25) is 4.99 Å². The van der Waals surface area contributed by atoms with Crippen LogP contribution in [-0.2, 0) is 0 Å². The SMILES string of the molecule is C=C(/N=C(\C)c1cc(-c2ccc3c4ccccc4c4ccccc4c3c2)cc(-c2ccc3c4ccccc4c4ccccc4c3c2)c1)c1ccc(-c2ccccc2)cc1. The molecule has 1 nitrogen and oxygen atoms in total. The van der Waals surface area contributed by atoms with Crippen LogP contribution in [0.2, 0.25) is 0 Å². The standard InChI is InChI=1S/C58H39N/c1-37(39-24-26-41(27-25-39)40-14-4-3-5-15-40)59-38(2)44-32-45(42-28-30-55-51-20-8-6-16-47(51)49-18-10-12-22-53(49)57(55)35-42)34-46(33-44)43-29-31-56-52-21-9-7-17-48(52)50-19-11-13-23-54(50)58(56)36-43/h3-36H,1H2,2H3/b59-38+. The highest BCUT2D eigenvalue weighted by molar-refractivity contribution is 6.27. The molecule has 0 unspecified atom stereocenters. The van der Waals surface area contributed by atoms with Gasteiger partial charge in [-0.15, -0.1) is 0 Å². The quantitative estimate of drug-likeness (QED) is 0.119. The smallest absolute Gasteiger partial charge is 0.0633 e. The van der Waals surface area contributed by atoms with Crippen LogP contribution in [0, 0.1) is 0 Å². The minimum Gasteiger partial charge on any atom is -0.253 e. The van der Waals surface area contributed by atoms with Gasteiger partial charge in [0.25, 0.3) is 0 Å². The van der Waals surface area contributed by atoms with E-state index in [0.717, 1.165) is 33.7 Å². The summed E-state index contributed by atoms with van der Waals surface area (Å²) in [6.07, 6.45) is 0. The zero-order chi connectivity index (χ0) is 39.5. The van der Waals surface area contributed by atoms with E-state index in [-0.39, 0.29) is 0 Å². The number of aliphatic imine (C=N–C) groups is 1. The van der Waals surface area contributed by atoms with Gasteiger partial charge in [0, 0.05) is 5.71 Å². The fourth-order valence-electron chi connectivity index (χ4n) is 9.16. The van der Waals surface area contributed by atoms with Gasteiger partial charge in [0.1, 0.15) is 0 Å². The van der Waals surface area contributed by atoms with Crippen molar-refractivity contribution in [3.8, 4) is 33.4 Å². The van der Waals surface area contributed by atoms with E-state index in [1.807, 2.05) is 6.07 Å². The Morgan fingerprint density at radius 2 is 0.627 bits per heavy atom. The van der Waals surface area contributed by atoms with Gasteiger partial charge in [-0.25, -0.2) is 0 Å². The Balaban J connectivity index is 1.09. The average Bonchev–Trinajstić information content (AvgIpc) is 3.31. The maximum atomic E-state index is 5.16. The first-order chi connectivity index (χ1) is 29.1. The molecule has 0 saturated heterocycles. The molecule has 0 N–H and O–H groups in total. The van der Waals surface area contributed by atoms with Crippen LogP contribution in [0.4, 0.5) is 0 Å². The highest BCUT2D eigenvalue weighted by Gasteiger charge is 2.15. The van der Waals surface area contributed by atoms with Gasteiger partial charge < -0.3 is 0 Å². The van der Waals surface area contributed by atoms with E-state index in [2.05, 4.69) is 214 Å². The predicted molar refractivity (Wildman–Crippen MR) is 255 cm³/mol. The molecular formula is C58H39N. The van der Waals surface area contributed by atoms with Gasteiger partial charge in [0.2, 0.25) is 0 Å². The first kappa shape index (κ1) is 34.6. The van der Waals surface area contributed by atoms with E-state index in [4.69, 9.17) is 4.99 Å². The van der Waals surface area contributed by atoms with E-state index in [9.17, 15) is 0 Å². The van der Waals surface area contributed by atoms with Crippen molar-refractivity contribution in [2.75, 3.05) is 0 Å². The van der Waals surface area contributed by atoms with Crippen LogP contribution in [0.25, 0.3) is 104 Å². The van der Waals surface area contributed by atoms with Crippen molar-refractivity contribution in [3.05, 3.63) is 224 Å². The lowest BCUT2D eigenvalue weighted by Crippen LogP contribution is -1.98. The third-order valence-corrected chi connectivity index (χ3v) is 12.1. The minimum atomic E-state index is 0.738. The fraction of sp³-hybridized carbons (Fsp3) is 0.0172. The summed E-state index contributed by atoms with van der Waals surface area (Å²) in [6.45, 7) is 6.55. The molecule has 0 fully saturated rings. The van der Waals surface area contributed by atoms with Gasteiger partial charge in [-0.2, -0.15) is 0 Å². The van der Waals surface area contributed by atoms with Crippen LogP contribution < -0.4 is 0 Å². The largest absolute Gasteiger partial charge is 0.253 e.